The third-order valence-corrected chi connectivity index (χ3v) is 1.57. The van der Waals surface area contributed by atoms with Gasteiger partial charge in [-0.15, -0.1) is 0 Å². The second kappa shape index (κ2) is 4.62. The van der Waals surface area contributed by atoms with E-state index in [1.807, 2.05) is 6.92 Å². The van der Waals surface area contributed by atoms with Gasteiger partial charge >= 0.3 is 0 Å². The number of nitrogens with one attached hydrogen (secondary N) is 1. The maximum absolute atomic E-state index is 11.6. The predicted octanol–water partition coefficient (Wildman–Crippen LogP) is 1.00. The Labute approximate surface area is 65.6 Å². The highest BCUT2D eigenvalue weighted by molar-refractivity contribution is 4.72. The summed E-state index contributed by atoms with van der Waals surface area (Å²) in [6, 6.07) is 0. The monoisotopic (exact) mass is 167 g/mol. The van der Waals surface area contributed by atoms with Gasteiger partial charge in [-0.05, 0) is 13.3 Å². The van der Waals surface area contributed by atoms with Gasteiger partial charge in [-0.1, -0.05) is 6.92 Å². The van der Waals surface area contributed by atoms with Crippen molar-refractivity contribution in [2.24, 2.45) is 0 Å². The molecule has 11 heavy (non-hydrogen) atoms. The Morgan fingerprint density at radius 1 is 1.55 bits per heavy atom. The number of hydrogen-bond donors (Lipinski definition) is 2. The van der Waals surface area contributed by atoms with E-state index in [-0.39, 0.29) is 13.1 Å². The summed E-state index contributed by atoms with van der Waals surface area (Å²) in [6.07, 6.45) is -1.79. The highest BCUT2D eigenvalue weighted by Gasteiger charge is 2.16. The van der Waals surface area contributed by atoms with Gasteiger partial charge in [0, 0.05) is 6.54 Å². The largest absolute Gasteiger partial charge is 0.389 e. The first-order valence-electron chi connectivity index (χ1n) is 3.69. The van der Waals surface area contributed by atoms with Crippen molar-refractivity contribution >= 4 is 0 Å². The Hall–Kier alpha value is -0.220. The van der Waals surface area contributed by atoms with E-state index in [4.69, 9.17) is 0 Å². The van der Waals surface area contributed by atoms with Crippen molar-refractivity contribution in [2.45, 2.75) is 32.3 Å². The highest BCUT2D eigenvalue weighted by atomic mass is 19.3. The lowest BCUT2D eigenvalue weighted by Gasteiger charge is -2.21. The Balaban J connectivity index is 3.38. The standard InChI is InChI=1S/C7H15F2NO/c1-3-7(2,11)5-10-4-6(8)9/h6,10-11H,3-5H2,1-2H3. The summed E-state index contributed by atoms with van der Waals surface area (Å²) < 4.78 is 23.1. The summed E-state index contributed by atoms with van der Waals surface area (Å²) in [5, 5.41) is 11.8. The van der Waals surface area contributed by atoms with E-state index < -0.39 is 12.0 Å². The summed E-state index contributed by atoms with van der Waals surface area (Å²) in [5.41, 5.74) is -0.866. The normalized spacial score (nSPS) is 16.9. The quantitative estimate of drug-likeness (QED) is 0.640. The second-order valence-corrected chi connectivity index (χ2v) is 2.87. The Bertz CT molecular complexity index is 107. The van der Waals surface area contributed by atoms with Gasteiger partial charge in [0.15, 0.2) is 0 Å². The van der Waals surface area contributed by atoms with Gasteiger partial charge in [-0.2, -0.15) is 0 Å². The van der Waals surface area contributed by atoms with Crippen LogP contribution in [0.3, 0.4) is 0 Å². The maximum atomic E-state index is 11.6. The lowest BCUT2D eigenvalue weighted by molar-refractivity contribution is 0.0495. The third kappa shape index (κ3) is 6.19. The number of alkyl halides is 2. The van der Waals surface area contributed by atoms with Crippen molar-refractivity contribution < 1.29 is 13.9 Å². The first-order chi connectivity index (χ1) is 4.98. The molecule has 0 saturated carbocycles. The van der Waals surface area contributed by atoms with Crippen LogP contribution in [0.15, 0.2) is 0 Å². The third-order valence-electron chi connectivity index (χ3n) is 1.57. The van der Waals surface area contributed by atoms with Gasteiger partial charge in [0.1, 0.15) is 0 Å². The molecule has 0 radical (unpaired) electrons. The predicted molar refractivity (Wildman–Crippen MR) is 39.8 cm³/mol. The SMILES string of the molecule is CCC(C)(O)CNCC(F)F. The molecule has 0 saturated heterocycles. The fourth-order valence-corrected chi connectivity index (χ4v) is 0.576. The topological polar surface area (TPSA) is 32.3 Å². The minimum absolute atomic E-state index is 0.216. The van der Waals surface area contributed by atoms with Crippen molar-refractivity contribution in [1.82, 2.24) is 5.32 Å². The molecule has 0 aliphatic carbocycles. The van der Waals surface area contributed by atoms with Gasteiger partial charge in [0.25, 0.3) is 6.43 Å². The summed E-state index contributed by atoms with van der Waals surface area (Å²) in [5.74, 6) is 0. The van der Waals surface area contributed by atoms with Gasteiger partial charge in [0.2, 0.25) is 0 Å². The van der Waals surface area contributed by atoms with E-state index in [2.05, 4.69) is 5.32 Å². The maximum Gasteiger partial charge on any atom is 0.250 e. The number of halogens is 2. The average Bonchev–Trinajstić information content (AvgIpc) is 1.87. The molecule has 0 aliphatic heterocycles. The molecule has 4 heteroatoms. The lowest BCUT2D eigenvalue weighted by atomic mass is 10.0. The van der Waals surface area contributed by atoms with E-state index in [0.717, 1.165) is 0 Å². The molecular weight excluding hydrogens is 152 g/mol. The van der Waals surface area contributed by atoms with E-state index in [0.29, 0.717) is 6.42 Å². The molecule has 0 aromatic heterocycles. The zero-order valence-electron chi connectivity index (χ0n) is 6.90. The van der Waals surface area contributed by atoms with Gasteiger partial charge in [-0.3, -0.25) is 0 Å². The van der Waals surface area contributed by atoms with Crippen LogP contribution in [0.5, 0.6) is 0 Å². The molecule has 0 heterocycles. The van der Waals surface area contributed by atoms with Crippen LogP contribution >= 0.6 is 0 Å². The van der Waals surface area contributed by atoms with E-state index in [9.17, 15) is 13.9 Å². The van der Waals surface area contributed by atoms with Crippen LogP contribution in [0.1, 0.15) is 20.3 Å². The van der Waals surface area contributed by atoms with Gasteiger partial charge in [-0.25, -0.2) is 8.78 Å². The van der Waals surface area contributed by atoms with E-state index in [1.165, 1.54) is 0 Å². The van der Waals surface area contributed by atoms with Crippen molar-refractivity contribution in [3.63, 3.8) is 0 Å². The molecule has 0 rings (SSSR count). The van der Waals surface area contributed by atoms with Crippen LogP contribution in [0.4, 0.5) is 8.78 Å². The van der Waals surface area contributed by atoms with Crippen molar-refractivity contribution in [3.05, 3.63) is 0 Å². The second-order valence-electron chi connectivity index (χ2n) is 2.87. The minimum Gasteiger partial charge on any atom is -0.389 e. The van der Waals surface area contributed by atoms with Crippen LogP contribution < -0.4 is 5.32 Å². The van der Waals surface area contributed by atoms with E-state index in [1.54, 1.807) is 6.92 Å². The molecule has 0 aliphatic rings. The van der Waals surface area contributed by atoms with Crippen molar-refractivity contribution in [1.29, 1.82) is 0 Å². The summed E-state index contributed by atoms with van der Waals surface area (Å²) >= 11 is 0. The molecule has 0 aromatic rings. The molecule has 2 N–H and O–H groups in total. The lowest BCUT2D eigenvalue weighted by Crippen LogP contribution is -2.38. The van der Waals surface area contributed by atoms with Crippen LogP contribution in [0.2, 0.25) is 0 Å². The van der Waals surface area contributed by atoms with Crippen molar-refractivity contribution in [3.8, 4) is 0 Å². The average molecular weight is 167 g/mol. The molecule has 0 amide bonds. The molecule has 0 bridgehead atoms. The van der Waals surface area contributed by atoms with Gasteiger partial charge in [0.05, 0.1) is 12.1 Å². The van der Waals surface area contributed by atoms with Crippen LogP contribution in [0.25, 0.3) is 0 Å². The highest BCUT2D eigenvalue weighted by Crippen LogP contribution is 2.05. The number of hydrogen-bond acceptors (Lipinski definition) is 2. The Morgan fingerprint density at radius 2 is 2.09 bits per heavy atom. The van der Waals surface area contributed by atoms with Crippen LogP contribution in [-0.2, 0) is 0 Å². The fourth-order valence-electron chi connectivity index (χ4n) is 0.576. The Kier molecular flexibility index (Phi) is 4.52. The fraction of sp³-hybridized carbons (Fsp3) is 1.00. The van der Waals surface area contributed by atoms with Crippen molar-refractivity contribution in [2.75, 3.05) is 13.1 Å². The Morgan fingerprint density at radius 3 is 2.45 bits per heavy atom. The summed E-state index contributed by atoms with van der Waals surface area (Å²) in [7, 11) is 0. The molecule has 0 spiro atoms. The molecule has 1 atom stereocenters. The van der Waals surface area contributed by atoms with E-state index >= 15 is 0 Å². The molecule has 0 aromatic carbocycles. The smallest absolute Gasteiger partial charge is 0.250 e. The van der Waals surface area contributed by atoms with Gasteiger partial charge < -0.3 is 10.4 Å². The molecular formula is C7H15F2NO. The summed E-state index contributed by atoms with van der Waals surface area (Å²) in [4.78, 5) is 0. The number of rotatable bonds is 5. The molecule has 0 fully saturated rings. The first kappa shape index (κ1) is 10.8. The molecule has 1 unspecified atom stereocenters. The summed E-state index contributed by atoms with van der Waals surface area (Å²) in [6.45, 7) is 3.29. The zero-order chi connectivity index (χ0) is 8.91. The minimum atomic E-state index is -2.34. The molecule has 68 valence electrons. The molecule has 2 nitrogen and oxygen atoms in total. The zero-order valence-corrected chi connectivity index (χ0v) is 6.90. The van der Waals surface area contributed by atoms with Crippen LogP contribution in [-0.4, -0.2) is 30.2 Å². The number of aliphatic hydroxyl groups is 1. The first-order valence-corrected chi connectivity index (χ1v) is 3.69. The van der Waals surface area contributed by atoms with Crippen LogP contribution in [0, 0.1) is 0 Å².